The minimum absolute atomic E-state index is 0.548. The molecule has 0 atom stereocenters. The summed E-state index contributed by atoms with van der Waals surface area (Å²) < 4.78 is 2.11. The number of rotatable bonds is 4. The van der Waals surface area contributed by atoms with Crippen LogP contribution in [0.25, 0.3) is 5.69 Å². The molecule has 0 spiro atoms. The lowest BCUT2D eigenvalue weighted by Crippen LogP contribution is -2.34. The van der Waals surface area contributed by atoms with E-state index in [1.165, 1.54) is 22.8 Å². The van der Waals surface area contributed by atoms with Crippen molar-refractivity contribution in [2.45, 2.75) is 66.7 Å². The molecule has 29 heavy (non-hydrogen) atoms. The summed E-state index contributed by atoms with van der Waals surface area (Å²) in [6.45, 7) is 14.5. The van der Waals surface area contributed by atoms with Crippen molar-refractivity contribution < 1.29 is 0 Å². The molecule has 156 valence electrons. The van der Waals surface area contributed by atoms with Crippen LogP contribution in [0.4, 0.5) is 5.82 Å². The minimum Gasteiger partial charge on any atom is -0.356 e. The lowest BCUT2D eigenvalue weighted by molar-refractivity contribution is 0.490. The summed E-state index contributed by atoms with van der Waals surface area (Å²) in [6.07, 6.45) is 3.30. The van der Waals surface area contributed by atoms with Gasteiger partial charge in [-0.25, -0.2) is 9.67 Å². The first kappa shape index (κ1) is 21.2. The van der Waals surface area contributed by atoms with Crippen LogP contribution in [0.3, 0.4) is 0 Å². The van der Waals surface area contributed by atoms with Gasteiger partial charge in [-0.05, 0) is 57.7 Å². The standard InChI is InChI=1S/C22H29N5.C2H6/c1-5-18-7-6-8-20(14-18)27-21(13-15(2)25-27)26-11-9-19(10-12-26)22-16(3)23-17(4)24-22;1-2/h6-8,13-14,19H,5,9-12H2,1-4H3,(H,23,24);1-2H3. The fourth-order valence-electron chi connectivity index (χ4n) is 4.22. The van der Waals surface area contributed by atoms with E-state index in [9.17, 15) is 0 Å². The highest BCUT2D eigenvalue weighted by Crippen LogP contribution is 2.32. The number of nitrogens with zero attached hydrogens (tertiary/aromatic N) is 4. The summed E-state index contributed by atoms with van der Waals surface area (Å²) in [6, 6.07) is 10.9. The third kappa shape index (κ3) is 4.55. The molecule has 4 rings (SSSR count). The maximum atomic E-state index is 4.78. The van der Waals surface area contributed by atoms with Crippen molar-refractivity contribution >= 4 is 5.82 Å². The van der Waals surface area contributed by atoms with Crippen LogP contribution >= 0.6 is 0 Å². The van der Waals surface area contributed by atoms with Gasteiger partial charge in [0.2, 0.25) is 0 Å². The number of imidazole rings is 1. The highest BCUT2D eigenvalue weighted by molar-refractivity contribution is 5.50. The maximum Gasteiger partial charge on any atom is 0.132 e. The van der Waals surface area contributed by atoms with Crippen LogP contribution in [0.15, 0.2) is 30.3 Å². The number of aromatic nitrogens is 4. The first-order valence-electron chi connectivity index (χ1n) is 11.0. The summed E-state index contributed by atoms with van der Waals surface area (Å²) >= 11 is 0. The quantitative estimate of drug-likeness (QED) is 0.637. The van der Waals surface area contributed by atoms with E-state index in [2.05, 4.69) is 65.7 Å². The number of nitrogens with one attached hydrogen (secondary N) is 1. The van der Waals surface area contributed by atoms with Gasteiger partial charge in [0, 0.05) is 30.8 Å². The van der Waals surface area contributed by atoms with E-state index in [4.69, 9.17) is 10.1 Å². The van der Waals surface area contributed by atoms with Crippen LogP contribution in [0.5, 0.6) is 0 Å². The monoisotopic (exact) mass is 393 g/mol. The van der Waals surface area contributed by atoms with Crippen LogP contribution in [-0.2, 0) is 6.42 Å². The average Bonchev–Trinajstić information content (AvgIpc) is 3.31. The van der Waals surface area contributed by atoms with Gasteiger partial charge in [0.1, 0.15) is 11.6 Å². The number of piperidine rings is 1. The van der Waals surface area contributed by atoms with Crippen molar-refractivity contribution in [1.82, 2.24) is 19.7 Å². The van der Waals surface area contributed by atoms with Crippen LogP contribution in [0.2, 0.25) is 0 Å². The Bertz CT molecular complexity index is 929. The van der Waals surface area contributed by atoms with Gasteiger partial charge in [-0.3, -0.25) is 0 Å². The molecular weight excluding hydrogens is 358 g/mol. The van der Waals surface area contributed by atoms with Crippen LogP contribution in [0.1, 0.15) is 68.0 Å². The molecule has 3 heterocycles. The minimum atomic E-state index is 0.548. The Balaban J connectivity index is 0.00000117. The topological polar surface area (TPSA) is 49.7 Å². The van der Waals surface area contributed by atoms with Crippen LogP contribution in [-0.4, -0.2) is 32.8 Å². The molecule has 1 aliphatic heterocycles. The van der Waals surface area contributed by atoms with E-state index in [1.807, 2.05) is 20.8 Å². The predicted molar refractivity (Wildman–Crippen MR) is 121 cm³/mol. The molecule has 0 aliphatic carbocycles. The van der Waals surface area contributed by atoms with Crippen molar-refractivity contribution in [2.24, 2.45) is 0 Å². The molecule has 1 aliphatic rings. The zero-order valence-corrected chi connectivity index (χ0v) is 18.8. The van der Waals surface area contributed by atoms with Gasteiger partial charge in [0.25, 0.3) is 0 Å². The number of anilines is 1. The molecule has 2 aromatic heterocycles. The van der Waals surface area contributed by atoms with E-state index in [1.54, 1.807) is 0 Å². The van der Waals surface area contributed by atoms with Gasteiger partial charge in [0.15, 0.2) is 0 Å². The van der Waals surface area contributed by atoms with Crippen molar-refractivity contribution in [2.75, 3.05) is 18.0 Å². The zero-order valence-electron chi connectivity index (χ0n) is 18.8. The van der Waals surface area contributed by atoms with Crippen molar-refractivity contribution in [1.29, 1.82) is 0 Å². The SMILES string of the molecule is CC.CCc1cccc(-n2nc(C)cc2N2CCC(c3nc(C)[nH]c3C)CC2)c1. The van der Waals surface area contributed by atoms with Gasteiger partial charge in [0.05, 0.1) is 17.1 Å². The number of hydrogen-bond donors (Lipinski definition) is 1. The summed E-state index contributed by atoms with van der Waals surface area (Å²) in [5, 5.41) is 4.78. The normalized spacial score (nSPS) is 14.6. The first-order valence-corrected chi connectivity index (χ1v) is 11.0. The molecule has 5 nitrogen and oxygen atoms in total. The Morgan fingerprint density at radius 3 is 2.41 bits per heavy atom. The third-order valence-electron chi connectivity index (χ3n) is 5.62. The second-order valence-corrected chi connectivity index (χ2v) is 7.67. The van der Waals surface area contributed by atoms with Crippen LogP contribution in [0, 0.1) is 20.8 Å². The molecular formula is C24H35N5. The molecule has 1 fully saturated rings. The van der Waals surface area contributed by atoms with Gasteiger partial charge >= 0.3 is 0 Å². The van der Waals surface area contributed by atoms with Crippen molar-refractivity contribution in [3.8, 4) is 5.69 Å². The molecule has 0 amide bonds. The summed E-state index contributed by atoms with van der Waals surface area (Å²) in [5.41, 5.74) is 6.04. The predicted octanol–water partition coefficient (Wildman–Crippen LogP) is 5.49. The van der Waals surface area contributed by atoms with E-state index in [0.717, 1.165) is 49.6 Å². The Morgan fingerprint density at radius 1 is 1.07 bits per heavy atom. The number of H-pyrrole nitrogens is 1. The second kappa shape index (κ2) is 9.29. The number of benzene rings is 1. The number of aryl methyl sites for hydroxylation is 4. The van der Waals surface area contributed by atoms with E-state index < -0.39 is 0 Å². The van der Waals surface area contributed by atoms with Crippen molar-refractivity contribution in [3.63, 3.8) is 0 Å². The lowest BCUT2D eigenvalue weighted by Gasteiger charge is -2.33. The zero-order chi connectivity index (χ0) is 21.0. The third-order valence-corrected chi connectivity index (χ3v) is 5.62. The Morgan fingerprint density at radius 2 is 1.79 bits per heavy atom. The smallest absolute Gasteiger partial charge is 0.132 e. The van der Waals surface area contributed by atoms with E-state index in [-0.39, 0.29) is 0 Å². The fourth-order valence-corrected chi connectivity index (χ4v) is 4.22. The largest absolute Gasteiger partial charge is 0.356 e. The Hall–Kier alpha value is -2.56. The molecule has 3 aromatic rings. The summed E-state index contributed by atoms with van der Waals surface area (Å²) in [5.74, 6) is 2.77. The summed E-state index contributed by atoms with van der Waals surface area (Å²) in [4.78, 5) is 10.6. The molecule has 5 heteroatoms. The maximum absolute atomic E-state index is 4.78. The molecule has 0 radical (unpaired) electrons. The number of hydrogen-bond acceptors (Lipinski definition) is 3. The molecule has 1 aromatic carbocycles. The molecule has 1 N–H and O–H groups in total. The summed E-state index contributed by atoms with van der Waals surface area (Å²) in [7, 11) is 0. The average molecular weight is 394 g/mol. The second-order valence-electron chi connectivity index (χ2n) is 7.67. The lowest BCUT2D eigenvalue weighted by atomic mass is 9.92. The fraction of sp³-hybridized carbons (Fsp3) is 0.500. The van der Waals surface area contributed by atoms with Gasteiger partial charge in [-0.1, -0.05) is 32.9 Å². The van der Waals surface area contributed by atoms with Gasteiger partial charge < -0.3 is 9.88 Å². The highest BCUT2D eigenvalue weighted by Gasteiger charge is 2.26. The van der Waals surface area contributed by atoms with Crippen molar-refractivity contribution in [3.05, 3.63) is 58.8 Å². The Kier molecular flexibility index (Phi) is 6.78. The first-order chi connectivity index (χ1) is 14.0. The van der Waals surface area contributed by atoms with Crippen LogP contribution < -0.4 is 4.90 Å². The highest BCUT2D eigenvalue weighted by atomic mass is 15.4. The van der Waals surface area contributed by atoms with E-state index >= 15 is 0 Å². The molecule has 1 saturated heterocycles. The Labute approximate surface area is 175 Å². The van der Waals surface area contributed by atoms with Gasteiger partial charge in [-0.2, -0.15) is 5.10 Å². The molecule has 0 bridgehead atoms. The molecule has 0 unspecified atom stereocenters. The van der Waals surface area contributed by atoms with E-state index in [0.29, 0.717) is 5.92 Å². The number of aromatic amines is 1. The van der Waals surface area contributed by atoms with Gasteiger partial charge in [-0.15, -0.1) is 0 Å². The molecule has 0 saturated carbocycles.